The Kier molecular flexibility index (Phi) is 7.86. The predicted molar refractivity (Wildman–Crippen MR) is 123 cm³/mol. The number of methoxy groups -OCH3 is 1. The number of benzene rings is 2. The molecule has 3 aromatic rings. The lowest BCUT2D eigenvalue weighted by Gasteiger charge is -2.13. The molecule has 0 radical (unpaired) electrons. The summed E-state index contributed by atoms with van der Waals surface area (Å²) in [5.74, 6) is 1.17. The molecular formula is C27H33NO. The van der Waals surface area contributed by atoms with E-state index in [1.807, 2.05) is 12.1 Å². The summed E-state index contributed by atoms with van der Waals surface area (Å²) in [6.45, 7) is 4.49. The van der Waals surface area contributed by atoms with Crippen LogP contribution in [0.1, 0.15) is 68.7 Å². The zero-order chi connectivity index (χ0) is 20.5. The van der Waals surface area contributed by atoms with Crippen molar-refractivity contribution in [3.63, 3.8) is 0 Å². The standard InChI is InChI=1S/C27H33NO/c1-4-5-6-7-8-9-22-10-19-27(28-20-22)21(2)23-11-13-24(14-12-23)25-15-17-26(29-3)18-16-25/h10-21H,4-9H2,1-3H3. The number of unbranched alkanes of at least 4 members (excludes halogenated alkanes) is 4. The van der Waals surface area contributed by atoms with Crippen molar-refractivity contribution in [2.45, 2.75) is 58.3 Å². The van der Waals surface area contributed by atoms with Crippen molar-refractivity contribution in [1.82, 2.24) is 4.98 Å². The van der Waals surface area contributed by atoms with E-state index in [2.05, 4.69) is 68.6 Å². The summed E-state index contributed by atoms with van der Waals surface area (Å²) < 4.78 is 5.24. The van der Waals surface area contributed by atoms with Crippen LogP contribution in [0.5, 0.6) is 5.75 Å². The molecule has 0 aliphatic heterocycles. The smallest absolute Gasteiger partial charge is 0.118 e. The Morgan fingerprint density at radius 1 is 0.793 bits per heavy atom. The van der Waals surface area contributed by atoms with Crippen LogP contribution >= 0.6 is 0 Å². The van der Waals surface area contributed by atoms with Crippen molar-refractivity contribution in [2.24, 2.45) is 0 Å². The van der Waals surface area contributed by atoms with Crippen LogP contribution in [0.2, 0.25) is 0 Å². The van der Waals surface area contributed by atoms with Gasteiger partial charge in [-0.15, -0.1) is 0 Å². The quantitative estimate of drug-likeness (QED) is 0.338. The Labute approximate surface area is 176 Å². The highest BCUT2D eigenvalue weighted by atomic mass is 16.5. The van der Waals surface area contributed by atoms with E-state index in [1.165, 1.54) is 54.4 Å². The summed E-state index contributed by atoms with van der Waals surface area (Å²) >= 11 is 0. The molecule has 1 heterocycles. The molecule has 0 fully saturated rings. The highest BCUT2D eigenvalue weighted by Gasteiger charge is 2.10. The van der Waals surface area contributed by atoms with Crippen molar-refractivity contribution >= 4 is 0 Å². The molecule has 0 spiro atoms. The highest BCUT2D eigenvalue weighted by molar-refractivity contribution is 5.64. The normalized spacial score (nSPS) is 12.0. The van der Waals surface area contributed by atoms with E-state index in [4.69, 9.17) is 9.72 Å². The van der Waals surface area contributed by atoms with Gasteiger partial charge in [-0.3, -0.25) is 4.98 Å². The van der Waals surface area contributed by atoms with Crippen LogP contribution in [-0.4, -0.2) is 12.1 Å². The fourth-order valence-corrected chi connectivity index (χ4v) is 3.69. The van der Waals surface area contributed by atoms with E-state index in [9.17, 15) is 0 Å². The molecule has 29 heavy (non-hydrogen) atoms. The number of nitrogens with zero attached hydrogens (tertiary/aromatic N) is 1. The number of aromatic nitrogens is 1. The molecule has 0 N–H and O–H groups in total. The van der Waals surface area contributed by atoms with Crippen molar-refractivity contribution in [3.8, 4) is 16.9 Å². The van der Waals surface area contributed by atoms with Crippen LogP contribution in [0.25, 0.3) is 11.1 Å². The van der Waals surface area contributed by atoms with Gasteiger partial charge in [-0.25, -0.2) is 0 Å². The summed E-state index contributed by atoms with van der Waals surface area (Å²) in [6.07, 6.45) is 9.81. The molecule has 152 valence electrons. The molecule has 1 atom stereocenters. The van der Waals surface area contributed by atoms with E-state index in [0.29, 0.717) is 5.92 Å². The van der Waals surface area contributed by atoms with Crippen molar-refractivity contribution in [3.05, 3.63) is 83.7 Å². The second-order valence-corrected chi connectivity index (χ2v) is 7.83. The van der Waals surface area contributed by atoms with E-state index < -0.39 is 0 Å². The van der Waals surface area contributed by atoms with Crippen molar-refractivity contribution in [1.29, 1.82) is 0 Å². The van der Waals surface area contributed by atoms with Gasteiger partial charge in [0.1, 0.15) is 5.75 Å². The summed E-state index contributed by atoms with van der Waals surface area (Å²) in [6, 6.07) is 21.5. The topological polar surface area (TPSA) is 22.1 Å². The molecule has 0 amide bonds. The van der Waals surface area contributed by atoms with E-state index in [1.54, 1.807) is 7.11 Å². The molecular weight excluding hydrogens is 354 g/mol. The molecule has 0 saturated heterocycles. The molecule has 0 saturated carbocycles. The minimum Gasteiger partial charge on any atom is -0.497 e. The molecule has 1 unspecified atom stereocenters. The third-order valence-electron chi connectivity index (χ3n) is 5.69. The first-order chi connectivity index (χ1) is 14.2. The molecule has 2 heteroatoms. The Balaban J connectivity index is 1.60. The number of hydrogen-bond acceptors (Lipinski definition) is 2. The molecule has 3 rings (SSSR count). The van der Waals surface area contributed by atoms with Gasteiger partial charge in [-0.05, 0) is 53.3 Å². The van der Waals surface area contributed by atoms with Gasteiger partial charge in [0.25, 0.3) is 0 Å². The van der Waals surface area contributed by atoms with Gasteiger partial charge in [0, 0.05) is 17.8 Å². The van der Waals surface area contributed by atoms with Gasteiger partial charge < -0.3 is 4.74 Å². The number of aryl methyl sites for hydroxylation is 1. The maximum absolute atomic E-state index is 5.24. The van der Waals surface area contributed by atoms with Crippen LogP contribution in [-0.2, 0) is 6.42 Å². The Bertz CT molecular complexity index is 851. The van der Waals surface area contributed by atoms with Crippen LogP contribution in [0.4, 0.5) is 0 Å². The number of pyridine rings is 1. The van der Waals surface area contributed by atoms with Crippen LogP contribution in [0.15, 0.2) is 66.9 Å². The Hall–Kier alpha value is -2.61. The molecule has 0 aliphatic carbocycles. The first-order valence-electron chi connectivity index (χ1n) is 10.9. The molecule has 0 aliphatic rings. The van der Waals surface area contributed by atoms with Gasteiger partial charge in [0.2, 0.25) is 0 Å². The Morgan fingerprint density at radius 2 is 1.45 bits per heavy atom. The third-order valence-corrected chi connectivity index (χ3v) is 5.69. The second-order valence-electron chi connectivity index (χ2n) is 7.83. The van der Waals surface area contributed by atoms with Crippen LogP contribution in [0, 0.1) is 0 Å². The van der Waals surface area contributed by atoms with Crippen molar-refractivity contribution in [2.75, 3.05) is 7.11 Å². The van der Waals surface area contributed by atoms with Gasteiger partial charge in [0.05, 0.1) is 7.11 Å². The number of hydrogen-bond donors (Lipinski definition) is 0. The van der Waals surface area contributed by atoms with Gasteiger partial charge in [0.15, 0.2) is 0 Å². The van der Waals surface area contributed by atoms with Crippen molar-refractivity contribution < 1.29 is 4.74 Å². The lowest BCUT2D eigenvalue weighted by molar-refractivity contribution is 0.415. The third kappa shape index (κ3) is 5.93. The Morgan fingerprint density at radius 3 is 2.03 bits per heavy atom. The average Bonchev–Trinajstić information content (AvgIpc) is 2.79. The molecule has 0 bridgehead atoms. The van der Waals surface area contributed by atoms with E-state index >= 15 is 0 Å². The first kappa shape index (κ1) is 21.1. The molecule has 2 nitrogen and oxygen atoms in total. The lowest BCUT2D eigenvalue weighted by Crippen LogP contribution is -2.00. The summed E-state index contributed by atoms with van der Waals surface area (Å²) in [4.78, 5) is 4.76. The fraction of sp³-hybridized carbons (Fsp3) is 0.370. The van der Waals surface area contributed by atoms with Crippen LogP contribution in [0.3, 0.4) is 0 Å². The molecule has 1 aromatic heterocycles. The van der Waals surface area contributed by atoms with Gasteiger partial charge >= 0.3 is 0 Å². The minimum absolute atomic E-state index is 0.290. The highest BCUT2D eigenvalue weighted by Crippen LogP contribution is 2.27. The monoisotopic (exact) mass is 387 g/mol. The minimum atomic E-state index is 0.290. The number of ether oxygens (including phenoxy) is 1. The fourth-order valence-electron chi connectivity index (χ4n) is 3.69. The summed E-state index contributed by atoms with van der Waals surface area (Å²) in [5.41, 5.74) is 6.20. The predicted octanol–water partition coefficient (Wildman–Crippen LogP) is 7.42. The van der Waals surface area contributed by atoms with Gasteiger partial charge in [-0.1, -0.05) is 82.0 Å². The van der Waals surface area contributed by atoms with Gasteiger partial charge in [-0.2, -0.15) is 0 Å². The lowest BCUT2D eigenvalue weighted by atomic mass is 9.94. The van der Waals surface area contributed by atoms with E-state index in [0.717, 1.165) is 17.9 Å². The van der Waals surface area contributed by atoms with E-state index in [-0.39, 0.29) is 0 Å². The second kappa shape index (κ2) is 10.8. The maximum atomic E-state index is 5.24. The zero-order valence-electron chi connectivity index (χ0n) is 18.0. The average molecular weight is 388 g/mol. The van der Waals surface area contributed by atoms with Crippen LogP contribution < -0.4 is 4.74 Å². The summed E-state index contributed by atoms with van der Waals surface area (Å²) in [7, 11) is 1.69. The largest absolute Gasteiger partial charge is 0.497 e. The summed E-state index contributed by atoms with van der Waals surface area (Å²) in [5, 5.41) is 0. The number of rotatable bonds is 10. The first-order valence-corrected chi connectivity index (χ1v) is 10.9. The zero-order valence-corrected chi connectivity index (χ0v) is 18.0. The SMILES string of the molecule is CCCCCCCc1ccc(C(C)c2ccc(-c3ccc(OC)cc3)cc2)nc1. The maximum Gasteiger partial charge on any atom is 0.118 e. The molecule has 2 aromatic carbocycles.